The predicted octanol–water partition coefficient (Wildman–Crippen LogP) is 3.94. The maximum Gasteiger partial charge on any atom is 0.229 e. The van der Waals surface area contributed by atoms with Crippen molar-refractivity contribution in [2.24, 2.45) is 0 Å². The monoisotopic (exact) mass is 362 g/mol. The van der Waals surface area contributed by atoms with Crippen molar-refractivity contribution >= 4 is 28.9 Å². The van der Waals surface area contributed by atoms with Gasteiger partial charge in [0.05, 0.1) is 0 Å². The Morgan fingerprint density at radius 2 is 1.67 bits per heavy atom. The number of nitrogens with zero attached hydrogens (tertiary/aromatic N) is 2. The molecule has 2 heterocycles. The quantitative estimate of drug-likeness (QED) is 0.665. The Labute approximate surface area is 156 Å². The fourth-order valence-electron chi connectivity index (χ4n) is 2.67. The molecule has 27 heavy (non-hydrogen) atoms. The zero-order valence-electron chi connectivity index (χ0n) is 14.7. The molecule has 1 aliphatic rings. The highest BCUT2D eigenvalue weighted by atomic mass is 16.6. The molecule has 2 N–H and O–H groups in total. The van der Waals surface area contributed by atoms with Crippen molar-refractivity contribution in [1.29, 1.82) is 0 Å². The molecule has 0 bridgehead atoms. The number of hydrogen-bond acceptors (Lipinski definition) is 7. The Morgan fingerprint density at radius 1 is 0.926 bits per heavy atom. The molecular weight excluding hydrogens is 344 g/mol. The van der Waals surface area contributed by atoms with Gasteiger partial charge >= 0.3 is 0 Å². The summed E-state index contributed by atoms with van der Waals surface area (Å²) in [5, 5.41) is 6.36. The van der Waals surface area contributed by atoms with Crippen LogP contribution in [0.4, 0.5) is 23.1 Å². The van der Waals surface area contributed by atoms with E-state index in [1.54, 1.807) is 31.3 Å². The molecule has 0 saturated heterocycles. The van der Waals surface area contributed by atoms with E-state index in [4.69, 9.17) is 9.47 Å². The lowest BCUT2D eigenvalue weighted by Crippen LogP contribution is -2.15. The van der Waals surface area contributed by atoms with Gasteiger partial charge < -0.3 is 20.1 Å². The van der Waals surface area contributed by atoms with Gasteiger partial charge in [0.2, 0.25) is 5.95 Å². The predicted molar refractivity (Wildman–Crippen MR) is 102 cm³/mol. The number of carbonyl (C=O) groups excluding carboxylic acids is 1. The summed E-state index contributed by atoms with van der Waals surface area (Å²) >= 11 is 0. The molecule has 136 valence electrons. The molecule has 0 spiro atoms. The molecule has 7 heteroatoms. The van der Waals surface area contributed by atoms with E-state index < -0.39 is 0 Å². The lowest BCUT2D eigenvalue weighted by Gasteiger charge is -2.19. The minimum absolute atomic E-state index is 0.0366. The van der Waals surface area contributed by atoms with Crippen LogP contribution in [0.2, 0.25) is 0 Å². The van der Waals surface area contributed by atoms with Gasteiger partial charge in [0.25, 0.3) is 0 Å². The summed E-state index contributed by atoms with van der Waals surface area (Å²) in [6, 6.07) is 14.6. The molecule has 0 aliphatic carbocycles. The van der Waals surface area contributed by atoms with Crippen LogP contribution in [0, 0.1) is 0 Å². The van der Waals surface area contributed by atoms with Gasteiger partial charge in [-0.1, -0.05) is 0 Å². The van der Waals surface area contributed by atoms with Gasteiger partial charge in [0.15, 0.2) is 17.3 Å². The van der Waals surface area contributed by atoms with Crippen molar-refractivity contribution in [3.8, 4) is 11.5 Å². The Kier molecular flexibility index (Phi) is 4.57. The SMILES string of the molecule is CC(=O)c1ccc(Nc2ccnc(Nc3ccc4c(c3)OCCO4)n2)cc1. The first-order valence-electron chi connectivity index (χ1n) is 8.55. The minimum atomic E-state index is 0.0366. The van der Waals surface area contributed by atoms with Crippen LogP contribution in [0.5, 0.6) is 11.5 Å². The van der Waals surface area contributed by atoms with Crippen molar-refractivity contribution in [2.45, 2.75) is 6.92 Å². The molecule has 0 saturated carbocycles. The highest BCUT2D eigenvalue weighted by molar-refractivity contribution is 5.94. The Balaban J connectivity index is 1.48. The summed E-state index contributed by atoms with van der Waals surface area (Å²) in [6.07, 6.45) is 1.67. The maximum atomic E-state index is 11.4. The van der Waals surface area contributed by atoms with Crippen molar-refractivity contribution < 1.29 is 14.3 Å². The summed E-state index contributed by atoms with van der Waals surface area (Å²) in [5.41, 5.74) is 2.32. The second-order valence-electron chi connectivity index (χ2n) is 6.01. The molecule has 0 unspecified atom stereocenters. The number of nitrogens with one attached hydrogen (secondary N) is 2. The number of fused-ring (bicyclic) bond motifs is 1. The zero-order chi connectivity index (χ0) is 18.6. The van der Waals surface area contributed by atoms with Gasteiger partial charge in [-0.2, -0.15) is 4.98 Å². The van der Waals surface area contributed by atoms with Crippen LogP contribution in [0.25, 0.3) is 0 Å². The highest BCUT2D eigenvalue weighted by Gasteiger charge is 2.12. The van der Waals surface area contributed by atoms with Crippen LogP contribution in [-0.4, -0.2) is 29.0 Å². The number of aromatic nitrogens is 2. The van der Waals surface area contributed by atoms with Crippen molar-refractivity contribution in [3.05, 3.63) is 60.3 Å². The fraction of sp³-hybridized carbons (Fsp3) is 0.150. The van der Waals surface area contributed by atoms with E-state index in [-0.39, 0.29) is 5.78 Å². The molecule has 0 amide bonds. The third-order valence-electron chi connectivity index (χ3n) is 4.02. The van der Waals surface area contributed by atoms with Crippen LogP contribution in [-0.2, 0) is 0 Å². The summed E-state index contributed by atoms with van der Waals surface area (Å²) in [5.74, 6) is 2.57. The number of anilines is 4. The number of carbonyl (C=O) groups is 1. The van der Waals surface area contributed by atoms with Gasteiger partial charge in [0.1, 0.15) is 19.0 Å². The zero-order valence-corrected chi connectivity index (χ0v) is 14.7. The molecule has 0 radical (unpaired) electrons. The number of rotatable bonds is 5. The largest absolute Gasteiger partial charge is 0.486 e. The Bertz CT molecular complexity index is 973. The number of ketones is 1. The third-order valence-corrected chi connectivity index (χ3v) is 4.02. The van der Waals surface area contributed by atoms with E-state index in [1.807, 2.05) is 30.3 Å². The van der Waals surface area contributed by atoms with Crippen LogP contribution in [0.15, 0.2) is 54.7 Å². The second-order valence-corrected chi connectivity index (χ2v) is 6.01. The average Bonchev–Trinajstić information content (AvgIpc) is 2.69. The first-order chi connectivity index (χ1) is 13.2. The fourth-order valence-corrected chi connectivity index (χ4v) is 2.67. The molecule has 0 fully saturated rings. The van der Waals surface area contributed by atoms with E-state index >= 15 is 0 Å². The van der Waals surface area contributed by atoms with Gasteiger partial charge in [-0.15, -0.1) is 0 Å². The smallest absolute Gasteiger partial charge is 0.229 e. The number of Topliss-reactive ketones (excluding diaryl/α,β-unsaturated/α-hetero) is 1. The minimum Gasteiger partial charge on any atom is -0.486 e. The number of benzene rings is 2. The summed E-state index contributed by atoms with van der Waals surface area (Å²) in [4.78, 5) is 20.1. The van der Waals surface area contributed by atoms with E-state index in [9.17, 15) is 4.79 Å². The summed E-state index contributed by atoms with van der Waals surface area (Å²) in [6.45, 7) is 2.64. The van der Waals surface area contributed by atoms with Crippen LogP contribution < -0.4 is 20.1 Å². The van der Waals surface area contributed by atoms with Gasteiger partial charge in [-0.25, -0.2) is 4.98 Å². The van der Waals surface area contributed by atoms with Gasteiger partial charge in [0, 0.05) is 29.2 Å². The first kappa shape index (κ1) is 16.8. The Hall–Kier alpha value is -3.61. The van der Waals surface area contributed by atoms with Gasteiger partial charge in [-0.3, -0.25) is 4.79 Å². The lowest BCUT2D eigenvalue weighted by molar-refractivity contribution is 0.101. The number of hydrogen-bond donors (Lipinski definition) is 2. The van der Waals surface area contributed by atoms with Crippen molar-refractivity contribution in [1.82, 2.24) is 9.97 Å². The van der Waals surface area contributed by atoms with Crippen LogP contribution in [0.3, 0.4) is 0 Å². The van der Waals surface area contributed by atoms with E-state index in [1.165, 1.54) is 0 Å². The second kappa shape index (κ2) is 7.33. The van der Waals surface area contributed by atoms with E-state index in [0.717, 1.165) is 17.1 Å². The van der Waals surface area contributed by atoms with Gasteiger partial charge in [-0.05, 0) is 49.4 Å². The van der Waals surface area contributed by atoms with Crippen LogP contribution >= 0.6 is 0 Å². The Morgan fingerprint density at radius 3 is 2.44 bits per heavy atom. The number of ether oxygens (including phenoxy) is 2. The van der Waals surface area contributed by atoms with E-state index in [0.29, 0.717) is 36.3 Å². The lowest BCUT2D eigenvalue weighted by atomic mass is 10.1. The molecule has 7 nitrogen and oxygen atoms in total. The van der Waals surface area contributed by atoms with Crippen LogP contribution in [0.1, 0.15) is 17.3 Å². The third kappa shape index (κ3) is 3.98. The molecular formula is C20H18N4O3. The molecule has 3 aromatic rings. The average molecular weight is 362 g/mol. The molecule has 1 aromatic heterocycles. The first-order valence-corrected chi connectivity index (χ1v) is 8.55. The summed E-state index contributed by atoms with van der Waals surface area (Å²) < 4.78 is 11.1. The van der Waals surface area contributed by atoms with E-state index in [2.05, 4.69) is 20.6 Å². The standard InChI is InChI=1S/C20H18N4O3/c1-13(25)14-2-4-15(5-3-14)22-19-8-9-21-20(24-19)23-16-6-7-17-18(12-16)27-11-10-26-17/h2-9,12H,10-11H2,1H3,(H2,21,22,23,24). The summed E-state index contributed by atoms with van der Waals surface area (Å²) in [7, 11) is 0. The topological polar surface area (TPSA) is 85.4 Å². The van der Waals surface area contributed by atoms with Crippen molar-refractivity contribution in [2.75, 3.05) is 23.8 Å². The van der Waals surface area contributed by atoms with Crippen molar-refractivity contribution in [3.63, 3.8) is 0 Å². The maximum absolute atomic E-state index is 11.4. The molecule has 0 atom stereocenters. The molecule has 4 rings (SSSR count). The molecule has 2 aromatic carbocycles. The normalized spacial score (nSPS) is 12.3. The molecule has 1 aliphatic heterocycles. The highest BCUT2D eigenvalue weighted by Crippen LogP contribution is 2.33.